The van der Waals surface area contributed by atoms with Crippen molar-refractivity contribution in [3.63, 3.8) is 0 Å². The number of amides is 1. The smallest absolute Gasteiger partial charge is 0.414 e. The number of pyridine rings is 1. The second kappa shape index (κ2) is 10.7. The number of rotatable bonds is 6. The highest BCUT2D eigenvalue weighted by Crippen LogP contribution is 2.42. The molecule has 2 aliphatic rings. The van der Waals surface area contributed by atoms with Gasteiger partial charge in [-0.15, -0.1) is 0 Å². The van der Waals surface area contributed by atoms with Crippen molar-refractivity contribution >= 4 is 23.6 Å². The third-order valence-corrected chi connectivity index (χ3v) is 6.47. The molecule has 8 heteroatoms. The molecule has 1 atom stereocenters. The predicted molar refractivity (Wildman–Crippen MR) is 134 cm³/mol. The largest absolute Gasteiger partial charge is 0.452 e. The van der Waals surface area contributed by atoms with Crippen LogP contribution in [0.3, 0.4) is 0 Å². The van der Waals surface area contributed by atoms with E-state index in [0.29, 0.717) is 23.2 Å². The highest BCUT2D eigenvalue weighted by molar-refractivity contribution is 6.10. The fourth-order valence-electron chi connectivity index (χ4n) is 4.60. The van der Waals surface area contributed by atoms with E-state index in [9.17, 15) is 4.79 Å². The van der Waals surface area contributed by atoms with Gasteiger partial charge in [-0.2, -0.15) is 0 Å². The normalized spacial score (nSPS) is 18.7. The van der Waals surface area contributed by atoms with E-state index in [-0.39, 0.29) is 6.04 Å². The van der Waals surface area contributed by atoms with Crippen LogP contribution in [0, 0.1) is 12.3 Å². The number of methoxy groups -OCH3 is 1. The lowest BCUT2D eigenvalue weighted by molar-refractivity contribution is 0.175. The van der Waals surface area contributed by atoms with Gasteiger partial charge in [0.25, 0.3) is 0 Å². The van der Waals surface area contributed by atoms with E-state index < -0.39 is 6.09 Å². The lowest BCUT2D eigenvalue weighted by atomic mass is 9.92. The minimum absolute atomic E-state index is 0.00933. The maximum absolute atomic E-state index is 12.6. The number of anilines is 1. The molecule has 0 aliphatic carbocycles. The van der Waals surface area contributed by atoms with Crippen molar-refractivity contribution in [3.8, 4) is 11.6 Å². The van der Waals surface area contributed by atoms with Crippen molar-refractivity contribution in [2.45, 2.75) is 51.6 Å². The molecule has 3 N–H and O–H groups in total. The first kappa shape index (κ1) is 23.8. The zero-order chi connectivity index (χ0) is 24.1. The van der Waals surface area contributed by atoms with E-state index >= 15 is 0 Å². The highest BCUT2D eigenvalue weighted by Gasteiger charge is 2.32. The maximum Gasteiger partial charge on any atom is 0.414 e. The second-order valence-corrected chi connectivity index (χ2v) is 8.82. The zero-order valence-corrected chi connectivity index (χ0v) is 20.1. The summed E-state index contributed by atoms with van der Waals surface area (Å²) in [6, 6.07) is 9.86. The summed E-state index contributed by atoms with van der Waals surface area (Å²) in [5.41, 5.74) is 4.04. The maximum atomic E-state index is 12.6. The fraction of sp³-hybridized carbons (Fsp3) is 0.423. The van der Waals surface area contributed by atoms with E-state index in [0.717, 1.165) is 61.3 Å². The molecule has 1 aromatic heterocycles. The Kier molecular flexibility index (Phi) is 7.47. The molecular weight excluding hydrogens is 430 g/mol. The summed E-state index contributed by atoms with van der Waals surface area (Å²) in [4.78, 5) is 18.8. The Morgan fingerprint density at radius 1 is 1.24 bits per heavy atom. The third kappa shape index (κ3) is 5.07. The van der Waals surface area contributed by atoms with Gasteiger partial charge in [0.05, 0.1) is 12.8 Å². The first-order valence-corrected chi connectivity index (χ1v) is 11.8. The van der Waals surface area contributed by atoms with Crippen molar-refractivity contribution in [1.29, 1.82) is 5.41 Å². The van der Waals surface area contributed by atoms with Gasteiger partial charge < -0.3 is 25.5 Å². The number of ether oxygens (including phenoxy) is 2. The van der Waals surface area contributed by atoms with Crippen molar-refractivity contribution in [2.24, 2.45) is 0 Å². The quantitative estimate of drug-likeness (QED) is 0.549. The first-order valence-electron chi connectivity index (χ1n) is 11.8. The summed E-state index contributed by atoms with van der Waals surface area (Å²) >= 11 is 0. The Morgan fingerprint density at radius 3 is 2.74 bits per heavy atom. The van der Waals surface area contributed by atoms with Crippen LogP contribution < -0.4 is 20.3 Å². The van der Waals surface area contributed by atoms with Gasteiger partial charge in [0.15, 0.2) is 0 Å². The Labute approximate surface area is 200 Å². The molecule has 0 unspecified atom stereocenters. The van der Waals surface area contributed by atoms with Crippen LogP contribution in [0.1, 0.15) is 43.0 Å². The number of carbonyl (C=O) groups is 1. The average Bonchev–Trinajstić information content (AvgIpc) is 2.85. The number of carbonyl (C=O) groups excluding carboxylic acids is 1. The Hall–Kier alpha value is -3.39. The minimum atomic E-state index is -0.392. The molecule has 34 heavy (non-hydrogen) atoms. The number of nitrogens with one attached hydrogen (secondary N) is 3. The molecule has 0 saturated carbocycles. The summed E-state index contributed by atoms with van der Waals surface area (Å²) < 4.78 is 11.5. The molecular formula is C26H33N5O3. The SMILES string of the molecule is COC(=O)N1c2ccc(/C(C=N)=C/NC3CCNCC3)c(Oc3cccc(C)n3)c2CC[C@@H]1C. The zero-order valence-electron chi connectivity index (χ0n) is 20.1. The van der Waals surface area contributed by atoms with Crippen LogP contribution in [0.15, 0.2) is 36.5 Å². The first-order chi connectivity index (χ1) is 16.5. The van der Waals surface area contributed by atoms with Crippen LogP contribution in [0.4, 0.5) is 10.5 Å². The monoisotopic (exact) mass is 463 g/mol. The van der Waals surface area contributed by atoms with E-state index in [4.69, 9.17) is 14.9 Å². The number of fused-ring (bicyclic) bond motifs is 1. The van der Waals surface area contributed by atoms with E-state index in [1.807, 2.05) is 50.4 Å². The minimum Gasteiger partial charge on any atom is -0.452 e. The number of aromatic nitrogens is 1. The van der Waals surface area contributed by atoms with E-state index in [1.54, 1.807) is 4.90 Å². The Morgan fingerprint density at radius 2 is 2.03 bits per heavy atom. The van der Waals surface area contributed by atoms with Crippen molar-refractivity contribution in [2.75, 3.05) is 25.1 Å². The third-order valence-electron chi connectivity index (χ3n) is 6.47. The number of hydrogen-bond acceptors (Lipinski definition) is 7. The molecule has 0 bridgehead atoms. The summed E-state index contributed by atoms with van der Waals surface area (Å²) in [5.74, 6) is 1.10. The van der Waals surface area contributed by atoms with Gasteiger partial charge in [0, 0.05) is 53.0 Å². The number of allylic oxidation sites excluding steroid dienone is 1. The molecule has 8 nitrogen and oxygen atoms in total. The van der Waals surface area contributed by atoms with Gasteiger partial charge in [-0.3, -0.25) is 4.90 Å². The van der Waals surface area contributed by atoms with Gasteiger partial charge in [0.2, 0.25) is 5.88 Å². The van der Waals surface area contributed by atoms with Crippen LogP contribution in [0.25, 0.3) is 5.57 Å². The van der Waals surface area contributed by atoms with Crippen LogP contribution in [-0.2, 0) is 11.2 Å². The number of piperidine rings is 1. The lowest BCUT2D eigenvalue weighted by Crippen LogP contribution is -2.42. The van der Waals surface area contributed by atoms with E-state index in [2.05, 4.69) is 15.6 Å². The molecule has 0 radical (unpaired) electrons. The molecule has 180 valence electrons. The average molecular weight is 464 g/mol. The molecule has 2 aromatic rings. The van der Waals surface area contributed by atoms with E-state index in [1.165, 1.54) is 13.3 Å². The van der Waals surface area contributed by atoms with Crippen LogP contribution in [-0.4, -0.2) is 49.6 Å². The number of nitrogens with zero attached hydrogens (tertiary/aromatic N) is 2. The summed E-state index contributed by atoms with van der Waals surface area (Å²) in [5, 5.41) is 15.0. The lowest BCUT2D eigenvalue weighted by Gasteiger charge is -2.35. The summed E-state index contributed by atoms with van der Waals surface area (Å²) in [7, 11) is 1.40. The molecule has 2 aliphatic heterocycles. The van der Waals surface area contributed by atoms with Gasteiger partial charge in [-0.05, 0) is 70.8 Å². The van der Waals surface area contributed by atoms with Crippen molar-refractivity contribution < 1.29 is 14.3 Å². The molecule has 4 rings (SSSR count). The summed E-state index contributed by atoms with van der Waals surface area (Å²) in [6.45, 7) is 5.90. The number of aryl methyl sites for hydroxylation is 1. The molecule has 1 saturated heterocycles. The topological polar surface area (TPSA) is 99.6 Å². The highest BCUT2D eigenvalue weighted by atomic mass is 16.5. The molecule has 1 aromatic carbocycles. The van der Waals surface area contributed by atoms with Gasteiger partial charge >= 0.3 is 6.09 Å². The van der Waals surface area contributed by atoms with Crippen molar-refractivity contribution in [3.05, 3.63) is 53.4 Å². The van der Waals surface area contributed by atoms with Gasteiger partial charge in [0.1, 0.15) is 5.75 Å². The van der Waals surface area contributed by atoms with Gasteiger partial charge in [-0.1, -0.05) is 6.07 Å². The molecule has 0 spiro atoms. The fourth-order valence-corrected chi connectivity index (χ4v) is 4.60. The number of benzene rings is 1. The summed E-state index contributed by atoms with van der Waals surface area (Å²) in [6.07, 6.45) is 6.45. The second-order valence-electron chi connectivity index (χ2n) is 8.82. The molecule has 1 amide bonds. The van der Waals surface area contributed by atoms with Crippen LogP contribution >= 0.6 is 0 Å². The molecule has 3 heterocycles. The Balaban J connectivity index is 1.79. The van der Waals surface area contributed by atoms with Gasteiger partial charge in [-0.25, -0.2) is 9.78 Å². The van der Waals surface area contributed by atoms with Crippen LogP contribution in [0.2, 0.25) is 0 Å². The number of hydrogen-bond donors (Lipinski definition) is 3. The molecule has 1 fully saturated rings. The Bertz CT molecular complexity index is 1080. The standard InChI is InChI=1S/C26H33N5O3/c1-17-5-4-6-24(30-17)34-25-21(19(15-27)16-29-20-11-13-28-14-12-20)9-10-23-22(25)8-7-18(2)31(23)26(32)33-3/h4-6,9-10,15-16,18,20,27-29H,7-8,11-14H2,1-3H3/b19-16+,27-15?/t18-/m0/s1. The predicted octanol–water partition coefficient (Wildman–Crippen LogP) is 4.42. The van der Waals surface area contributed by atoms with Crippen LogP contribution in [0.5, 0.6) is 11.6 Å². The van der Waals surface area contributed by atoms with Crippen molar-refractivity contribution in [1.82, 2.24) is 15.6 Å².